The number of carbonyl (C=O) groups is 2. The van der Waals surface area contributed by atoms with Crippen molar-refractivity contribution < 1.29 is 14.3 Å². The van der Waals surface area contributed by atoms with Crippen LogP contribution in [0.15, 0.2) is 18.3 Å². The van der Waals surface area contributed by atoms with E-state index in [1.807, 2.05) is 0 Å². The van der Waals surface area contributed by atoms with Gasteiger partial charge < -0.3 is 9.30 Å². The van der Waals surface area contributed by atoms with Gasteiger partial charge in [-0.1, -0.05) is 12.8 Å². The number of hydrogen-bond donors (Lipinski definition) is 0. The number of ether oxygens (including phenoxy) is 1. The maximum Gasteiger partial charge on any atom is 0.332 e. The third-order valence-corrected chi connectivity index (χ3v) is 3.36. The smallest absolute Gasteiger partial charge is 0.332 e. The molecule has 0 radical (unpaired) electrons. The van der Waals surface area contributed by atoms with Gasteiger partial charge in [-0.05, 0) is 25.0 Å². The van der Waals surface area contributed by atoms with Gasteiger partial charge in [-0.3, -0.25) is 4.79 Å². The molecule has 0 saturated heterocycles. The van der Waals surface area contributed by atoms with E-state index < -0.39 is 5.54 Å². The van der Waals surface area contributed by atoms with Crippen molar-refractivity contribution in [1.29, 1.82) is 0 Å². The first-order chi connectivity index (χ1) is 7.74. The lowest BCUT2D eigenvalue weighted by molar-refractivity contribution is -0.151. The first-order valence-corrected chi connectivity index (χ1v) is 5.46. The third-order valence-electron chi connectivity index (χ3n) is 3.36. The van der Waals surface area contributed by atoms with Gasteiger partial charge in [-0.2, -0.15) is 0 Å². The fraction of sp³-hybridized carbons (Fsp3) is 0.500. The number of carbonyl (C=O) groups excluding carboxylic acids is 2. The van der Waals surface area contributed by atoms with Crippen LogP contribution in [0.2, 0.25) is 0 Å². The Labute approximate surface area is 94.2 Å². The highest BCUT2D eigenvalue weighted by Crippen LogP contribution is 2.38. The Kier molecular flexibility index (Phi) is 2.81. The highest BCUT2D eigenvalue weighted by Gasteiger charge is 2.44. The summed E-state index contributed by atoms with van der Waals surface area (Å²) in [5.41, 5.74) is -0.124. The Bertz CT molecular complexity index is 402. The molecule has 2 rings (SSSR count). The lowest BCUT2D eigenvalue weighted by Gasteiger charge is -2.29. The lowest BCUT2D eigenvalue weighted by Crippen LogP contribution is -2.40. The molecule has 0 unspecified atom stereocenters. The van der Waals surface area contributed by atoms with Crippen molar-refractivity contribution in [1.82, 2.24) is 4.57 Å². The molecule has 1 heterocycles. The molecule has 4 heteroatoms. The van der Waals surface area contributed by atoms with Crippen LogP contribution in [0, 0.1) is 0 Å². The molecule has 0 aliphatic heterocycles. The minimum Gasteiger partial charge on any atom is -0.467 e. The summed E-state index contributed by atoms with van der Waals surface area (Å²) in [5, 5.41) is 0. The van der Waals surface area contributed by atoms with Crippen LogP contribution >= 0.6 is 0 Å². The van der Waals surface area contributed by atoms with Gasteiger partial charge in [0.05, 0.1) is 12.8 Å². The number of hydrogen-bond acceptors (Lipinski definition) is 3. The predicted molar refractivity (Wildman–Crippen MR) is 58.3 cm³/mol. The van der Waals surface area contributed by atoms with E-state index in [4.69, 9.17) is 4.74 Å². The molecule has 0 atom stereocenters. The van der Waals surface area contributed by atoms with Gasteiger partial charge in [-0.25, -0.2) is 4.79 Å². The molecule has 1 aliphatic rings. The lowest BCUT2D eigenvalue weighted by atomic mass is 9.97. The fourth-order valence-corrected chi connectivity index (χ4v) is 2.57. The summed E-state index contributed by atoms with van der Waals surface area (Å²) in [6.45, 7) is 0. The van der Waals surface area contributed by atoms with Crippen LogP contribution in [-0.2, 0) is 15.1 Å². The van der Waals surface area contributed by atoms with Crippen molar-refractivity contribution in [2.75, 3.05) is 7.11 Å². The Morgan fingerprint density at radius 3 is 2.75 bits per heavy atom. The molecule has 4 nitrogen and oxygen atoms in total. The van der Waals surface area contributed by atoms with Gasteiger partial charge >= 0.3 is 5.97 Å². The van der Waals surface area contributed by atoms with Crippen LogP contribution in [-0.4, -0.2) is 23.9 Å². The van der Waals surface area contributed by atoms with E-state index in [0.29, 0.717) is 5.69 Å². The number of methoxy groups -OCH3 is 1. The molecule has 1 aromatic heterocycles. The number of aldehydes is 1. The molecule has 0 bridgehead atoms. The van der Waals surface area contributed by atoms with Crippen molar-refractivity contribution in [2.45, 2.75) is 31.2 Å². The van der Waals surface area contributed by atoms with Crippen molar-refractivity contribution in [3.8, 4) is 0 Å². The third kappa shape index (κ3) is 1.45. The Morgan fingerprint density at radius 2 is 2.19 bits per heavy atom. The van der Waals surface area contributed by atoms with E-state index in [9.17, 15) is 9.59 Å². The van der Waals surface area contributed by atoms with Crippen LogP contribution < -0.4 is 0 Å². The average molecular weight is 221 g/mol. The molecule has 1 aromatic rings. The average Bonchev–Trinajstić information content (AvgIpc) is 2.96. The predicted octanol–water partition coefficient (Wildman–Crippen LogP) is 1.74. The maximum atomic E-state index is 11.9. The van der Waals surface area contributed by atoms with Crippen LogP contribution in [0.5, 0.6) is 0 Å². The molecular formula is C12H15NO3. The quantitative estimate of drug-likeness (QED) is 0.577. The molecule has 0 N–H and O–H groups in total. The molecule has 86 valence electrons. The standard InChI is InChI=1S/C12H15NO3/c1-16-11(15)12(6-2-3-7-12)13-8-4-5-10(13)9-14/h4-5,8-9H,2-3,6-7H2,1H3. The fourth-order valence-electron chi connectivity index (χ4n) is 2.57. The van der Waals surface area contributed by atoms with Crippen molar-refractivity contribution >= 4 is 12.3 Å². The topological polar surface area (TPSA) is 48.3 Å². The number of aromatic nitrogens is 1. The summed E-state index contributed by atoms with van der Waals surface area (Å²) >= 11 is 0. The molecule has 0 spiro atoms. The largest absolute Gasteiger partial charge is 0.467 e. The van der Waals surface area contributed by atoms with E-state index in [0.717, 1.165) is 32.0 Å². The summed E-state index contributed by atoms with van der Waals surface area (Å²) in [6, 6.07) is 3.50. The number of esters is 1. The van der Waals surface area contributed by atoms with Gasteiger partial charge in [0.15, 0.2) is 6.29 Å². The molecule has 1 aliphatic carbocycles. The van der Waals surface area contributed by atoms with Crippen LogP contribution in [0.25, 0.3) is 0 Å². The molecule has 1 saturated carbocycles. The van der Waals surface area contributed by atoms with E-state index in [1.165, 1.54) is 7.11 Å². The second kappa shape index (κ2) is 4.12. The van der Waals surface area contributed by atoms with Crippen molar-refractivity contribution in [3.63, 3.8) is 0 Å². The molecule has 0 aromatic carbocycles. The van der Waals surface area contributed by atoms with E-state index in [1.54, 1.807) is 22.9 Å². The van der Waals surface area contributed by atoms with Crippen molar-refractivity contribution in [2.24, 2.45) is 0 Å². The summed E-state index contributed by atoms with van der Waals surface area (Å²) < 4.78 is 6.65. The molecule has 0 amide bonds. The van der Waals surface area contributed by atoms with Gasteiger partial charge in [0.1, 0.15) is 5.54 Å². The van der Waals surface area contributed by atoms with Crippen LogP contribution in [0.4, 0.5) is 0 Å². The van der Waals surface area contributed by atoms with Crippen molar-refractivity contribution in [3.05, 3.63) is 24.0 Å². The molecular weight excluding hydrogens is 206 g/mol. The zero-order chi connectivity index (χ0) is 11.6. The Hall–Kier alpha value is -1.58. The first kappa shape index (κ1) is 10.9. The SMILES string of the molecule is COC(=O)C1(n2cccc2C=O)CCCC1. The molecule has 16 heavy (non-hydrogen) atoms. The van der Waals surface area contributed by atoms with E-state index in [-0.39, 0.29) is 5.97 Å². The van der Waals surface area contributed by atoms with E-state index in [2.05, 4.69) is 0 Å². The minimum absolute atomic E-state index is 0.246. The zero-order valence-corrected chi connectivity index (χ0v) is 9.31. The maximum absolute atomic E-state index is 11.9. The van der Waals surface area contributed by atoms with Gasteiger partial charge in [0.2, 0.25) is 0 Å². The summed E-state index contributed by atoms with van der Waals surface area (Å²) in [4.78, 5) is 22.9. The second-order valence-corrected chi connectivity index (χ2v) is 4.15. The Balaban J connectivity index is 2.47. The highest BCUT2D eigenvalue weighted by molar-refractivity contribution is 5.81. The monoisotopic (exact) mass is 221 g/mol. The summed E-state index contributed by atoms with van der Waals surface area (Å²) in [6.07, 6.45) is 6.04. The normalized spacial score (nSPS) is 18.3. The van der Waals surface area contributed by atoms with Crippen LogP contribution in [0.3, 0.4) is 0 Å². The van der Waals surface area contributed by atoms with E-state index >= 15 is 0 Å². The highest BCUT2D eigenvalue weighted by atomic mass is 16.5. The van der Waals surface area contributed by atoms with Crippen LogP contribution in [0.1, 0.15) is 36.2 Å². The molecule has 1 fully saturated rings. The second-order valence-electron chi connectivity index (χ2n) is 4.15. The summed E-state index contributed by atoms with van der Waals surface area (Å²) in [5.74, 6) is -0.246. The Morgan fingerprint density at radius 1 is 1.50 bits per heavy atom. The minimum atomic E-state index is -0.658. The zero-order valence-electron chi connectivity index (χ0n) is 9.31. The number of rotatable bonds is 3. The number of nitrogens with zero attached hydrogens (tertiary/aromatic N) is 1. The first-order valence-electron chi connectivity index (χ1n) is 5.46. The van der Waals surface area contributed by atoms with Gasteiger partial charge in [-0.15, -0.1) is 0 Å². The van der Waals surface area contributed by atoms with Gasteiger partial charge in [0.25, 0.3) is 0 Å². The van der Waals surface area contributed by atoms with Gasteiger partial charge in [0, 0.05) is 6.20 Å². The summed E-state index contributed by atoms with van der Waals surface area (Å²) in [7, 11) is 1.40.